The minimum atomic E-state index is -0.660. The van der Waals surface area contributed by atoms with E-state index in [1.165, 1.54) is 5.56 Å². The Morgan fingerprint density at radius 3 is 2.18 bits per heavy atom. The smallest absolute Gasteiger partial charge is 0.407 e. The van der Waals surface area contributed by atoms with Crippen LogP contribution in [0.15, 0.2) is 103 Å². The van der Waals surface area contributed by atoms with Crippen molar-refractivity contribution in [3.8, 4) is 11.1 Å². The Morgan fingerprint density at radius 1 is 0.795 bits per heavy atom. The van der Waals surface area contributed by atoms with Crippen molar-refractivity contribution in [3.63, 3.8) is 0 Å². The lowest BCUT2D eigenvalue weighted by atomic mass is 9.95. The van der Waals surface area contributed by atoms with Crippen LogP contribution in [0.5, 0.6) is 0 Å². The van der Waals surface area contributed by atoms with Gasteiger partial charge in [0.1, 0.15) is 6.61 Å². The van der Waals surface area contributed by atoms with Crippen molar-refractivity contribution in [2.24, 2.45) is 0 Å². The Balaban J connectivity index is 1.01. The maximum absolute atomic E-state index is 13.5. The topological polar surface area (TPSA) is 87.7 Å². The molecule has 4 aromatic carbocycles. The molecule has 0 aromatic heterocycles. The summed E-state index contributed by atoms with van der Waals surface area (Å²) in [5.74, 6) is -0.341. The van der Waals surface area contributed by atoms with Gasteiger partial charge in [-0.2, -0.15) is 0 Å². The van der Waals surface area contributed by atoms with Gasteiger partial charge in [-0.3, -0.25) is 9.59 Å². The van der Waals surface area contributed by atoms with E-state index in [-0.39, 0.29) is 43.9 Å². The summed E-state index contributed by atoms with van der Waals surface area (Å²) < 4.78 is 5.52. The molecular weight excluding hydrogens is 550 g/mol. The van der Waals surface area contributed by atoms with Gasteiger partial charge in [-0.05, 0) is 50.9 Å². The number of nitrogens with zero attached hydrogens (tertiary/aromatic N) is 1. The van der Waals surface area contributed by atoms with Crippen molar-refractivity contribution >= 4 is 29.7 Å². The van der Waals surface area contributed by atoms with Gasteiger partial charge in [0, 0.05) is 18.9 Å². The molecule has 0 radical (unpaired) electrons. The van der Waals surface area contributed by atoms with Gasteiger partial charge in [0.2, 0.25) is 11.8 Å². The maximum Gasteiger partial charge on any atom is 0.407 e. The maximum atomic E-state index is 13.5. The number of carbonyl (C=O) groups excluding carboxylic acids is 3. The normalized spacial score (nSPS) is 15.8. The number of nitrogens with one attached hydrogen (secondary N) is 2. The molecule has 0 saturated carbocycles. The Labute approximate surface area is 257 Å². The molecule has 1 atom stereocenters. The van der Waals surface area contributed by atoms with E-state index in [4.69, 9.17) is 4.74 Å². The van der Waals surface area contributed by atoms with Crippen LogP contribution in [0, 0.1) is 0 Å². The molecule has 0 fully saturated rings. The number of hydrogen-bond acceptors (Lipinski definition) is 4. The number of anilines is 1. The summed E-state index contributed by atoms with van der Waals surface area (Å²) in [5, 5.41) is 5.28. The molecule has 0 bridgehead atoms. The molecule has 4 aromatic rings. The Bertz CT molecular complexity index is 1680. The second-order valence-corrected chi connectivity index (χ2v) is 11.2. The summed E-state index contributed by atoms with van der Waals surface area (Å²) in [6.45, 7) is 2.67. The molecule has 0 saturated heterocycles. The van der Waals surface area contributed by atoms with E-state index in [2.05, 4.69) is 66.1 Å². The first-order valence-electron chi connectivity index (χ1n) is 15.0. The van der Waals surface area contributed by atoms with Gasteiger partial charge < -0.3 is 20.3 Å². The van der Waals surface area contributed by atoms with Crippen LogP contribution >= 0.6 is 0 Å². The van der Waals surface area contributed by atoms with E-state index >= 15 is 0 Å². The van der Waals surface area contributed by atoms with E-state index in [1.54, 1.807) is 4.90 Å². The highest BCUT2D eigenvalue weighted by atomic mass is 16.5. The SMILES string of the molecule is CC1/C=C\c2ccccc2N(C(=O)CCNC(=O)CNC(=O)OCC2c3ccccc3-c3ccccc32)Cc2ccccc21. The van der Waals surface area contributed by atoms with Crippen LogP contribution in [-0.4, -0.2) is 37.6 Å². The molecule has 2 N–H and O–H groups in total. The van der Waals surface area contributed by atoms with Gasteiger partial charge in [0.15, 0.2) is 0 Å². The van der Waals surface area contributed by atoms with Gasteiger partial charge in [0.25, 0.3) is 0 Å². The van der Waals surface area contributed by atoms with Crippen LogP contribution in [0.1, 0.15) is 53.0 Å². The third-order valence-corrected chi connectivity index (χ3v) is 8.37. The minimum absolute atomic E-state index is 0.0589. The summed E-state index contributed by atoms with van der Waals surface area (Å²) in [6, 6.07) is 32.3. The third kappa shape index (κ3) is 6.13. The van der Waals surface area contributed by atoms with E-state index < -0.39 is 12.0 Å². The fourth-order valence-electron chi connectivity index (χ4n) is 6.13. The molecule has 6 rings (SSSR count). The van der Waals surface area contributed by atoms with Crippen molar-refractivity contribution in [3.05, 3.63) is 131 Å². The summed E-state index contributed by atoms with van der Waals surface area (Å²) in [4.78, 5) is 40.3. The number of benzene rings is 4. The number of ether oxygens (including phenoxy) is 1. The monoisotopic (exact) mass is 585 g/mol. The fraction of sp³-hybridized carbons (Fsp3) is 0.216. The molecule has 1 aliphatic heterocycles. The largest absolute Gasteiger partial charge is 0.449 e. The average Bonchev–Trinajstić information content (AvgIpc) is 3.40. The molecule has 0 spiro atoms. The number of rotatable bonds is 7. The van der Waals surface area contributed by atoms with Gasteiger partial charge in [0.05, 0.1) is 18.8 Å². The van der Waals surface area contributed by atoms with Crippen LogP contribution in [0.4, 0.5) is 10.5 Å². The molecule has 1 unspecified atom stereocenters. The van der Waals surface area contributed by atoms with Crippen LogP contribution in [0.25, 0.3) is 17.2 Å². The molecule has 222 valence electrons. The molecule has 44 heavy (non-hydrogen) atoms. The average molecular weight is 586 g/mol. The molecular formula is C37H35N3O4. The minimum Gasteiger partial charge on any atom is -0.449 e. The first-order chi connectivity index (χ1) is 21.5. The number of amides is 3. The van der Waals surface area contributed by atoms with E-state index in [9.17, 15) is 14.4 Å². The lowest BCUT2D eigenvalue weighted by molar-refractivity contribution is -0.120. The molecule has 7 nitrogen and oxygen atoms in total. The predicted octanol–water partition coefficient (Wildman–Crippen LogP) is 6.40. The van der Waals surface area contributed by atoms with Crippen LogP contribution < -0.4 is 15.5 Å². The number of fused-ring (bicyclic) bond motifs is 5. The second kappa shape index (κ2) is 13.0. The second-order valence-electron chi connectivity index (χ2n) is 11.2. The highest BCUT2D eigenvalue weighted by Crippen LogP contribution is 2.44. The molecule has 1 heterocycles. The highest BCUT2D eigenvalue weighted by molar-refractivity contribution is 5.96. The van der Waals surface area contributed by atoms with Gasteiger partial charge in [-0.15, -0.1) is 0 Å². The van der Waals surface area contributed by atoms with E-state index in [0.717, 1.165) is 39.1 Å². The number of hydrogen-bond donors (Lipinski definition) is 2. The lowest BCUT2D eigenvalue weighted by Crippen LogP contribution is -2.39. The molecule has 1 aliphatic carbocycles. The zero-order chi connectivity index (χ0) is 30.5. The van der Waals surface area contributed by atoms with Gasteiger partial charge in [-0.25, -0.2) is 4.79 Å². The van der Waals surface area contributed by atoms with Gasteiger partial charge in [-0.1, -0.05) is 110 Å². The highest BCUT2D eigenvalue weighted by Gasteiger charge is 2.29. The molecule has 2 aliphatic rings. The summed E-state index contributed by atoms with van der Waals surface area (Å²) in [5.41, 5.74) is 8.62. The van der Waals surface area contributed by atoms with Crippen molar-refractivity contribution in [2.45, 2.75) is 31.7 Å². The van der Waals surface area contributed by atoms with Gasteiger partial charge >= 0.3 is 6.09 Å². The summed E-state index contributed by atoms with van der Waals surface area (Å²) in [7, 11) is 0. The quantitative estimate of drug-likeness (QED) is 0.263. The Hall–Kier alpha value is -5.17. The molecule has 7 heteroatoms. The molecule has 3 amide bonds. The standard InChI is InChI=1S/C37H35N3O4/c1-25-18-19-26-10-3-9-17-34(26)40(23-27-11-2-4-12-28(25)27)36(42)20-21-38-35(41)22-39-37(43)44-24-33-31-15-7-5-13-29(31)30-14-6-8-16-32(30)33/h2-19,25,33H,20-24H2,1H3,(H,38,41)(H,39,43)/b19-18-. The van der Waals surface area contributed by atoms with Crippen molar-refractivity contribution in [1.82, 2.24) is 10.6 Å². The van der Waals surface area contributed by atoms with Crippen LogP contribution in [0.2, 0.25) is 0 Å². The number of alkyl carbamates (subject to hydrolysis) is 1. The van der Waals surface area contributed by atoms with E-state index in [0.29, 0.717) is 6.54 Å². The lowest BCUT2D eigenvalue weighted by Gasteiger charge is -2.26. The number of allylic oxidation sites excluding steroid dienone is 1. The Morgan fingerprint density at radius 2 is 1.43 bits per heavy atom. The van der Waals surface area contributed by atoms with Crippen molar-refractivity contribution in [1.29, 1.82) is 0 Å². The first-order valence-corrected chi connectivity index (χ1v) is 15.0. The Kier molecular flexibility index (Phi) is 8.55. The zero-order valence-electron chi connectivity index (χ0n) is 24.7. The first kappa shape index (κ1) is 28.9. The summed E-state index contributed by atoms with van der Waals surface area (Å²) >= 11 is 0. The van der Waals surface area contributed by atoms with Crippen molar-refractivity contribution in [2.75, 3.05) is 24.6 Å². The predicted molar refractivity (Wildman–Crippen MR) is 172 cm³/mol. The van der Waals surface area contributed by atoms with E-state index in [1.807, 2.05) is 60.7 Å². The fourth-order valence-corrected chi connectivity index (χ4v) is 6.13. The number of carbonyl (C=O) groups is 3. The van der Waals surface area contributed by atoms with Crippen molar-refractivity contribution < 1.29 is 19.1 Å². The summed E-state index contributed by atoms with van der Waals surface area (Å²) in [6.07, 6.45) is 3.69. The third-order valence-electron chi connectivity index (χ3n) is 8.37. The number of para-hydroxylation sites is 1. The zero-order valence-corrected chi connectivity index (χ0v) is 24.7. The van der Waals surface area contributed by atoms with Crippen LogP contribution in [0.3, 0.4) is 0 Å². The van der Waals surface area contributed by atoms with Crippen LogP contribution in [-0.2, 0) is 20.9 Å².